The summed E-state index contributed by atoms with van der Waals surface area (Å²) in [5.41, 5.74) is 1.03. The van der Waals surface area contributed by atoms with Crippen LogP contribution in [0.4, 0.5) is 0 Å². The van der Waals surface area contributed by atoms with Crippen molar-refractivity contribution in [1.82, 2.24) is 0 Å². The summed E-state index contributed by atoms with van der Waals surface area (Å²) in [6.07, 6.45) is 6.13. The van der Waals surface area contributed by atoms with Gasteiger partial charge in [0.2, 0.25) is 0 Å². The largest absolute Gasteiger partial charge is 0.403 e. The van der Waals surface area contributed by atoms with Crippen LogP contribution in [0.2, 0.25) is 5.04 Å². The molecule has 2 aromatic carbocycles. The van der Waals surface area contributed by atoms with E-state index in [0.29, 0.717) is 19.8 Å². The molecular formula is C27H39O4PSi. The van der Waals surface area contributed by atoms with Gasteiger partial charge in [0, 0.05) is 0 Å². The highest BCUT2D eigenvalue weighted by Crippen LogP contribution is 2.48. The van der Waals surface area contributed by atoms with Crippen molar-refractivity contribution < 1.29 is 18.0 Å². The Morgan fingerprint density at radius 2 is 1.39 bits per heavy atom. The Kier molecular flexibility index (Phi) is 10.5. The summed E-state index contributed by atoms with van der Waals surface area (Å²) >= 11 is 0. The van der Waals surface area contributed by atoms with Crippen LogP contribution < -0.4 is 10.4 Å². The maximum absolute atomic E-state index is 12.8. The van der Waals surface area contributed by atoms with Crippen molar-refractivity contribution >= 4 is 26.3 Å². The van der Waals surface area contributed by atoms with Crippen molar-refractivity contribution in [3.63, 3.8) is 0 Å². The zero-order valence-corrected chi connectivity index (χ0v) is 22.8. The molecule has 2 aromatic rings. The van der Waals surface area contributed by atoms with E-state index in [1.807, 2.05) is 51.1 Å². The molecule has 6 heteroatoms. The zero-order valence-electron chi connectivity index (χ0n) is 20.9. The lowest BCUT2D eigenvalue weighted by molar-refractivity contribution is 0.222. The molecule has 180 valence electrons. The van der Waals surface area contributed by atoms with Gasteiger partial charge in [-0.3, -0.25) is 4.57 Å². The summed E-state index contributed by atoms with van der Waals surface area (Å²) in [5.74, 6) is 0. The van der Waals surface area contributed by atoms with Gasteiger partial charge in [-0.25, -0.2) is 0 Å². The van der Waals surface area contributed by atoms with Crippen LogP contribution in [-0.2, 0) is 18.0 Å². The molecule has 0 radical (unpaired) electrons. The summed E-state index contributed by atoms with van der Waals surface area (Å²) in [6.45, 7) is 13.6. The fourth-order valence-electron chi connectivity index (χ4n) is 4.05. The van der Waals surface area contributed by atoms with E-state index in [-0.39, 0.29) is 11.2 Å². The highest BCUT2D eigenvalue weighted by molar-refractivity contribution is 7.54. The van der Waals surface area contributed by atoms with Crippen molar-refractivity contribution in [3.05, 3.63) is 84.5 Å². The molecule has 0 aliphatic heterocycles. The van der Waals surface area contributed by atoms with Crippen LogP contribution in [0.3, 0.4) is 0 Å². The first-order chi connectivity index (χ1) is 15.7. The van der Waals surface area contributed by atoms with E-state index in [4.69, 9.17) is 13.5 Å². The van der Waals surface area contributed by atoms with E-state index in [1.54, 1.807) is 0 Å². The third-order valence-electron chi connectivity index (χ3n) is 5.56. The second-order valence-electron chi connectivity index (χ2n) is 8.85. The van der Waals surface area contributed by atoms with E-state index in [2.05, 4.69) is 69.3 Å². The monoisotopic (exact) mass is 486 g/mol. The van der Waals surface area contributed by atoms with Crippen LogP contribution in [0.1, 0.15) is 41.5 Å². The van der Waals surface area contributed by atoms with Gasteiger partial charge in [0.15, 0.2) is 0 Å². The maximum atomic E-state index is 12.8. The molecule has 0 spiro atoms. The van der Waals surface area contributed by atoms with Gasteiger partial charge in [-0.05, 0) is 41.8 Å². The van der Waals surface area contributed by atoms with Crippen LogP contribution in [0, 0.1) is 0 Å². The predicted octanol–water partition coefficient (Wildman–Crippen LogP) is 6.33. The quantitative estimate of drug-likeness (QED) is 0.200. The molecule has 0 atom stereocenters. The molecule has 0 N–H and O–H groups in total. The number of hydrogen-bond donors (Lipinski definition) is 0. The average Bonchev–Trinajstić information content (AvgIpc) is 2.79. The van der Waals surface area contributed by atoms with Crippen molar-refractivity contribution in [1.29, 1.82) is 0 Å². The Bertz CT molecular complexity index is 900. The molecule has 4 nitrogen and oxygen atoms in total. The molecule has 0 saturated heterocycles. The molecule has 0 saturated carbocycles. The van der Waals surface area contributed by atoms with Crippen LogP contribution in [0.25, 0.3) is 0 Å². The van der Waals surface area contributed by atoms with E-state index in [1.165, 1.54) is 10.4 Å². The first kappa shape index (κ1) is 27.5. The summed E-state index contributed by atoms with van der Waals surface area (Å²) in [6, 6.07) is 21.2. The Hall–Kier alpha value is -1.75. The summed E-state index contributed by atoms with van der Waals surface area (Å²) in [7, 11) is -5.71. The summed E-state index contributed by atoms with van der Waals surface area (Å²) in [4.78, 5) is 0. The second kappa shape index (κ2) is 12.6. The molecule has 0 aromatic heterocycles. The predicted molar refractivity (Wildman–Crippen MR) is 142 cm³/mol. The van der Waals surface area contributed by atoms with E-state index < -0.39 is 15.9 Å². The number of benzene rings is 2. The highest BCUT2D eigenvalue weighted by atomic mass is 31.2. The number of hydrogen-bond acceptors (Lipinski definition) is 4. The van der Waals surface area contributed by atoms with E-state index in [0.717, 1.165) is 5.57 Å². The smallest absolute Gasteiger partial charge is 0.334 e. The van der Waals surface area contributed by atoms with E-state index >= 15 is 0 Å². The molecule has 0 bridgehead atoms. The van der Waals surface area contributed by atoms with Crippen LogP contribution in [0.15, 0.2) is 84.5 Å². The highest BCUT2D eigenvalue weighted by Gasteiger charge is 2.50. The van der Waals surface area contributed by atoms with Crippen molar-refractivity contribution in [3.8, 4) is 0 Å². The molecule has 0 unspecified atom stereocenters. The topological polar surface area (TPSA) is 44.8 Å². The Morgan fingerprint density at radius 1 is 0.909 bits per heavy atom. The van der Waals surface area contributed by atoms with Gasteiger partial charge in [0.25, 0.3) is 8.32 Å². The summed E-state index contributed by atoms with van der Waals surface area (Å²) < 4.78 is 30.5. The lowest BCUT2D eigenvalue weighted by Crippen LogP contribution is -2.66. The first-order valence-corrected chi connectivity index (χ1v) is 15.3. The summed E-state index contributed by atoms with van der Waals surface area (Å²) in [5, 5.41) is 2.42. The molecule has 0 amide bonds. The van der Waals surface area contributed by atoms with Gasteiger partial charge in [-0.2, -0.15) is 0 Å². The number of rotatable bonds is 12. The second-order valence-corrected chi connectivity index (χ2v) is 15.3. The lowest BCUT2D eigenvalue weighted by Gasteiger charge is -2.43. The SMILES string of the molecule is C/C=C(/C=C/CP(=O)(OCC)OCC)CO[Si](c1ccccc1)(c1ccccc1)C(C)(C)C. The minimum absolute atomic E-state index is 0.0854. The van der Waals surface area contributed by atoms with Gasteiger partial charge in [-0.15, -0.1) is 0 Å². The fraction of sp³-hybridized carbons (Fsp3) is 0.407. The van der Waals surface area contributed by atoms with Crippen molar-refractivity contribution in [2.45, 2.75) is 46.6 Å². The standard InChI is InChI=1S/C27H39O4PSi/c1-7-24(17-16-22-32(28,29-8-2)30-9-3)23-31-33(27(4,5)6,25-18-12-10-13-19-25)26-20-14-11-15-21-26/h7,10-21H,8-9,22-23H2,1-6H3/b17-16+,24-7-. The van der Waals surface area contributed by atoms with Crippen molar-refractivity contribution in [2.24, 2.45) is 0 Å². The number of allylic oxidation sites excluding steroid dienone is 2. The van der Waals surface area contributed by atoms with Crippen LogP contribution in [-0.4, -0.2) is 34.3 Å². The Labute approximate surface area is 201 Å². The minimum Gasteiger partial charge on any atom is -0.403 e. The first-order valence-electron chi connectivity index (χ1n) is 11.7. The normalized spacial score (nSPS) is 13.6. The Balaban J connectivity index is 2.35. The third-order valence-corrected chi connectivity index (χ3v) is 12.5. The molecule has 33 heavy (non-hydrogen) atoms. The van der Waals surface area contributed by atoms with E-state index in [9.17, 15) is 4.57 Å². The van der Waals surface area contributed by atoms with Gasteiger partial charge < -0.3 is 13.5 Å². The van der Waals surface area contributed by atoms with Crippen LogP contribution >= 0.6 is 7.60 Å². The molecule has 0 aliphatic rings. The minimum atomic E-state index is -3.11. The van der Waals surface area contributed by atoms with Crippen molar-refractivity contribution in [2.75, 3.05) is 26.0 Å². The third kappa shape index (κ3) is 7.11. The maximum Gasteiger partial charge on any atom is 0.334 e. The zero-order chi connectivity index (χ0) is 24.4. The van der Waals surface area contributed by atoms with Gasteiger partial charge in [-0.1, -0.05) is 99.7 Å². The fourth-order valence-corrected chi connectivity index (χ4v) is 10.0. The average molecular weight is 487 g/mol. The molecule has 0 heterocycles. The molecular weight excluding hydrogens is 447 g/mol. The van der Waals surface area contributed by atoms with Gasteiger partial charge in [0.05, 0.1) is 26.0 Å². The Morgan fingerprint density at radius 3 is 1.79 bits per heavy atom. The molecule has 2 rings (SSSR count). The molecule has 0 fully saturated rings. The van der Waals surface area contributed by atoms with Gasteiger partial charge in [0.1, 0.15) is 0 Å². The van der Waals surface area contributed by atoms with Gasteiger partial charge >= 0.3 is 7.60 Å². The lowest BCUT2D eigenvalue weighted by atomic mass is 10.2. The van der Waals surface area contributed by atoms with Crippen LogP contribution in [0.5, 0.6) is 0 Å². The molecule has 0 aliphatic carbocycles.